The summed E-state index contributed by atoms with van der Waals surface area (Å²) in [7, 11) is 1.55. The first-order chi connectivity index (χ1) is 8.10. The second-order valence-electron chi connectivity index (χ2n) is 3.90. The van der Waals surface area contributed by atoms with Crippen LogP contribution in [0.15, 0.2) is 16.9 Å². The molecule has 0 aliphatic rings. The molecule has 4 nitrogen and oxygen atoms in total. The van der Waals surface area contributed by atoms with Crippen molar-refractivity contribution in [2.75, 3.05) is 7.11 Å². The lowest BCUT2D eigenvalue weighted by Crippen LogP contribution is -2.13. The monoisotopic (exact) mass is 228 g/mol. The number of hydrogen-bond donors (Lipinski definition) is 1. The summed E-state index contributed by atoms with van der Waals surface area (Å²) in [5, 5.41) is 9.85. The molecule has 0 aliphatic carbocycles. The van der Waals surface area contributed by atoms with Gasteiger partial charge in [-0.1, -0.05) is 6.07 Å². The normalized spacial score (nSPS) is 10.2. The van der Waals surface area contributed by atoms with E-state index in [0.717, 1.165) is 10.9 Å². The molecular formula is C13H12N2O2. The molecule has 1 aromatic carbocycles. The molecule has 0 radical (unpaired) electrons. The largest absolute Gasteiger partial charge is 0.495 e. The van der Waals surface area contributed by atoms with Crippen molar-refractivity contribution < 1.29 is 4.74 Å². The van der Waals surface area contributed by atoms with E-state index >= 15 is 0 Å². The van der Waals surface area contributed by atoms with Crippen LogP contribution in [-0.2, 0) is 0 Å². The lowest BCUT2D eigenvalue weighted by Gasteiger charge is -2.10. The van der Waals surface area contributed by atoms with Crippen LogP contribution in [0.1, 0.15) is 16.7 Å². The molecule has 1 heterocycles. The van der Waals surface area contributed by atoms with E-state index in [1.807, 2.05) is 19.1 Å². The van der Waals surface area contributed by atoms with Gasteiger partial charge in [0.2, 0.25) is 0 Å². The Kier molecular flexibility index (Phi) is 2.60. The number of pyridine rings is 1. The number of aryl methyl sites for hydroxylation is 2. The number of aromatic amines is 1. The minimum absolute atomic E-state index is 0.161. The Bertz CT molecular complexity index is 693. The maximum absolute atomic E-state index is 11.7. The van der Waals surface area contributed by atoms with Crippen LogP contribution in [-0.4, -0.2) is 12.1 Å². The molecule has 0 fully saturated rings. The predicted octanol–water partition coefficient (Wildman–Crippen LogP) is 2.03. The van der Waals surface area contributed by atoms with Gasteiger partial charge in [-0.2, -0.15) is 5.26 Å². The van der Waals surface area contributed by atoms with Crippen molar-refractivity contribution in [2.24, 2.45) is 0 Å². The zero-order valence-corrected chi connectivity index (χ0v) is 9.92. The van der Waals surface area contributed by atoms with Gasteiger partial charge >= 0.3 is 0 Å². The highest BCUT2D eigenvalue weighted by atomic mass is 16.5. The highest BCUT2D eigenvalue weighted by molar-refractivity contribution is 5.91. The molecule has 1 aromatic heterocycles. The van der Waals surface area contributed by atoms with Crippen LogP contribution in [0.3, 0.4) is 0 Å². The second kappa shape index (κ2) is 3.95. The summed E-state index contributed by atoms with van der Waals surface area (Å²) < 4.78 is 5.21. The first kappa shape index (κ1) is 11.2. The zero-order chi connectivity index (χ0) is 12.6. The van der Waals surface area contributed by atoms with E-state index in [0.29, 0.717) is 16.8 Å². The SMILES string of the molecule is COc1ccc(C)c2c(C)c(C#N)c(=O)[nH]c12. The number of methoxy groups -OCH3 is 1. The molecule has 0 unspecified atom stereocenters. The van der Waals surface area contributed by atoms with Crippen molar-refractivity contribution in [1.29, 1.82) is 5.26 Å². The highest BCUT2D eigenvalue weighted by Crippen LogP contribution is 2.28. The molecule has 0 amide bonds. The number of H-pyrrole nitrogens is 1. The second-order valence-corrected chi connectivity index (χ2v) is 3.90. The minimum atomic E-state index is -0.374. The first-order valence-corrected chi connectivity index (χ1v) is 5.20. The van der Waals surface area contributed by atoms with E-state index in [9.17, 15) is 4.79 Å². The zero-order valence-electron chi connectivity index (χ0n) is 9.92. The smallest absolute Gasteiger partial charge is 0.266 e. The summed E-state index contributed by atoms with van der Waals surface area (Å²) in [4.78, 5) is 14.4. The van der Waals surface area contributed by atoms with E-state index < -0.39 is 0 Å². The number of nitrogens with one attached hydrogen (secondary N) is 1. The van der Waals surface area contributed by atoms with Crippen molar-refractivity contribution in [3.8, 4) is 11.8 Å². The summed E-state index contributed by atoms with van der Waals surface area (Å²) in [5.74, 6) is 0.607. The van der Waals surface area contributed by atoms with Gasteiger partial charge in [0.05, 0.1) is 12.6 Å². The first-order valence-electron chi connectivity index (χ1n) is 5.20. The van der Waals surface area contributed by atoms with Gasteiger partial charge in [-0.05, 0) is 31.0 Å². The van der Waals surface area contributed by atoms with Gasteiger partial charge in [0.1, 0.15) is 17.4 Å². The van der Waals surface area contributed by atoms with Crippen molar-refractivity contribution >= 4 is 10.9 Å². The lowest BCUT2D eigenvalue weighted by atomic mass is 10.0. The van der Waals surface area contributed by atoms with Gasteiger partial charge in [0, 0.05) is 5.39 Å². The average molecular weight is 228 g/mol. The number of rotatable bonds is 1. The van der Waals surface area contributed by atoms with Crippen LogP contribution in [0.5, 0.6) is 5.75 Å². The lowest BCUT2D eigenvalue weighted by molar-refractivity contribution is 0.418. The van der Waals surface area contributed by atoms with Gasteiger partial charge in [0.15, 0.2) is 0 Å². The standard InChI is InChI=1S/C13H12N2O2/c1-7-4-5-10(17-3)12-11(7)8(2)9(6-14)13(16)15-12/h4-5H,1-3H3,(H,15,16). The Hall–Kier alpha value is -2.28. The molecule has 17 heavy (non-hydrogen) atoms. The average Bonchev–Trinajstić information content (AvgIpc) is 2.29. The minimum Gasteiger partial charge on any atom is -0.495 e. The molecule has 86 valence electrons. The Balaban J connectivity index is 3.07. The summed E-state index contributed by atoms with van der Waals surface area (Å²) in [5.41, 5.74) is 2.14. The van der Waals surface area contributed by atoms with Crippen LogP contribution >= 0.6 is 0 Å². The number of benzene rings is 1. The Morgan fingerprint density at radius 3 is 2.65 bits per heavy atom. The van der Waals surface area contributed by atoms with Gasteiger partial charge in [0.25, 0.3) is 5.56 Å². The topological polar surface area (TPSA) is 65.9 Å². The third kappa shape index (κ3) is 1.56. The fourth-order valence-electron chi connectivity index (χ4n) is 2.07. The van der Waals surface area contributed by atoms with E-state index in [1.54, 1.807) is 20.1 Å². The fraction of sp³-hybridized carbons (Fsp3) is 0.231. The quantitative estimate of drug-likeness (QED) is 0.812. The number of nitrogens with zero attached hydrogens (tertiary/aromatic N) is 1. The molecule has 0 saturated heterocycles. The highest BCUT2D eigenvalue weighted by Gasteiger charge is 2.13. The number of nitriles is 1. The summed E-state index contributed by atoms with van der Waals surface area (Å²) in [6.07, 6.45) is 0. The number of aromatic nitrogens is 1. The number of fused-ring (bicyclic) bond motifs is 1. The number of hydrogen-bond acceptors (Lipinski definition) is 3. The molecule has 0 spiro atoms. The molecule has 0 atom stereocenters. The van der Waals surface area contributed by atoms with Crippen LogP contribution in [0.4, 0.5) is 0 Å². The van der Waals surface area contributed by atoms with Crippen molar-refractivity contribution in [1.82, 2.24) is 4.98 Å². The molecule has 0 aliphatic heterocycles. The van der Waals surface area contributed by atoms with Crippen molar-refractivity contribution in [2.45, 2.75) is 13.8 Å². The molecular weight excluding hydrogens is 216 g/mol. The van der Waals surface area contributed by atoms with Crippen LogP contribution in [0.2, 0.25) is 0 Å². The molecule has 0 bridgehead atoms. The fourth-order valence-corrected chi connectivity index (χ4v) is 2.07. The molecule has 2 aromatic rings. The summed E-state index contributed by atoms with van der Waals surface area (Å²) in [6, 6.07) is 5.65. The van der Waals surface area contributed by atoms with E-state index in [-0.39, 0.29) is 11.1 Å². The van der Waals surface area contributed by atoms with Gasteiger partial charge < -0.3 is 9.72 Å². The van der Waals surface area contributed by atoms with E-state index in [4.69, 9.17) is 10.00 Å². The van der Waals surface area contributed by atoms with Crippen molar-refractivity contribution in [3.63, 3.8) is 0 Å². The van der Waals surface area contributed by atoms with Crippen molar-refractivity contribution in [3.05, 3.63) is 39.2 Å². The molecule has 4 heteroatoms. The molecule has 1 N–H and O–H groups in total. The van der Waals surface area contributed by atoms with Gasteiger partial charge in [-0.25, -0.2) is 0 Å². The third-order valence-electron chi connectivity index (χ3n) is 2.92. The number of ether oxygens (including phenoxy) is 1. The molecule has 2 rings (SSSR count). The summed E-state index contributed by atoms with van der Waals surface area (Å²) >= 11 is 0. The molecule has 0 saturated carbocycles. The van der Waals surface area contributed by atoms with E-state index in [1.165, 1.54) is 0 Å². The van der Waals surface area contributed by atoms with Gasteiger partial charge in [-0.15, -0.1) is 0 Å². The van der Waals surface area contributed by atoms with E-state index in [2.05, 4.69) is 4.98 Å². The Labute approximate surface area is 98.5 Å². The maximum Gasteiger partial charge on any atom is 0.266 e. The van der Waals surface area contributed by atoms with Crippen LogP contribution < -0.4 is 10.3 Å². The van der Waals surface area contributed by atoms with Gasteiger partial charge in [-0.3, -0.25) is 4.79 Å². The Morgan fingerprint density at radius 1 is 1.35 bits per heavy atom. The predicted molar refractivity (Wildman–Crippen MR) is 65.3 cm³/mol. The summed E-state index contributed by atoms with van der Waals surface area (Å²) in [6.45, 7) is 3.72. The Morgan fingerprint density at radius 2 is 2.06 bits per heavy atom. The van der Waals surface area contributed by atoms with Crippen LogP contribution in [0, 0.1) is 25.2 Å². The third-order valence-corrected chi connectivity index (χ3v) is 2.92. The van der Waals surface area contributed by atoms with Crippen LogP contribution in [0.25, 0.3) is 10.9 Å². The maximum atomic E-state index is 11.7.